The molecule has 6 heteroatoms. The van der Waals surface area contributed by atoms with Crippen LogP contribution in [0.3, 0.4) is 0 Å². The summed E-state index contributed by atoms with van der Waals surface area (Å²) in [7, 11) is 0. The molecule has 0 aliphatic rings. The highest BCUT2D eigenvalue weighted by atomic mass is 32.2. The number of carboxylic acid groups (broad SMARTS) is 1. The standard InChI is InChI=1S/C10H12O4S2/c1-6-8(10(11)12)4-3-7(5-16(13)14)9(6)15-2/h3-4H,5H2,1-2H3,(H,11,12)(H,13,14)/p-1. The Balaban J connectivity index is 3.29. The molecule has 0 radical (unpaired) electrons. The smallest absolute Gasteiger partial charge is 0.335 e. The van der Waals surface area contributed by atoms with E-state index in [4.69, 9.17) is 5.11 Å². The van der Waals surface area contributed by atoms with Crippen LogP contribution < -0.4 is 0 Å². The van der Waals surface area contributed by atoms with Gasteiger partial charge in [-0.25, -0.2) is 4.79 Å². The van der Waals surface area contributed by atoms with E-state index in [-0.39, 0.29) is 11.3 Å². The molecular weight excluding hydrogens is 248 g/mol. The maximum absolute atomic E-state index is 10.9. The van der Waals surface area contributed by atoms with Gasteiger partial charge in [-0.2, -0.15) is 0 Å². The van der Waals surface area contributed by atoms with E-state index in [2.05, 4.69) is 0 Å². The van der Waals surface area contributed by atoms with Crippen molar-refractivity contribution >= 4 is 28.8 Å². The van der Waals surface area contributed by atoms with Crippen molar-refractivity contribution in [2.75, 3.05) is 6.26 Å². The summed E-state index contributed by atoms with van der Waals surface area (Å²) in [5.41, 5.74) is 1.47. The predicted octanol–water partition coefficient (Wildman–Crippen LogP) is 1.79. The summed E-state index contributed by atoms with van der Waals surface area (Å²) in [6, 6.07) is 3.00. The van der Waals surface area contributed by atoms with E-state index < -0.39 is 17.0 Å². The van der Waals surface area contributed by atoms with Crippen LogP contribution in [0.4, 0.5) is 0 Å². The van der Waals surface area contributed by atoms with Crippen molar-refractivity contribution in [2.45, 2.75) is 17.6 Å². The van der Waals surface area contributed by atoms with Crippen molar-refractivity contribution in [2.24, 2.45) is 0 Å². The van der Waals surface area contributed by atoms with Gasteiger partial charge in [-0.1, -0.05) is 17.1 Å². The summed E-state index contributed by atoms with van der Waals surface area (Å²) in [5, 5.41) is 8.93. The lowest BCUT2D eigenvalue weighted by Crippen LogP contribution is -2.04. The largest absolute Gasteiger partial charge is 0.772 e. The average Bonchev–Trinajstić information content (AvgIpc) is 2.16. The summed E-state index contributed by atoms with van der Waals surface area (Å²) in [6.07, 6.45) is 1.80. The minimum Gasteiger partial charge on any atom is -0.772 e. The van der Waals surface area contributed by atoms with Crippen LogP contribution in [-0.2, 0) is 16.8 Å². The molecule has 0 aliphatic heterocycles. The number of aromatic carboxylic acids is 1. The molecule has 88 valence electrons. The average molecular weight is 259 g/mol. The van der Waals surface area contributed by atoms with Gasteiger partial charge in [0.25, 0.3) is 0 Å². The van der Waals surface area contributed by atoms with Gasteiger partial charge in [-0.05, 0) is 30.4 Å². The Hall–Kier alpha value is -0.850. The maximum atomic E-state index is 10.9. The molecule has 16 heavy (non-hydrogen) atoms. The molecule has 0 saturated heterocycles. The van der Waals surface area contributed by atoms with Crippen LogP contribution in [-0.4, -0.2) is 26.1 Å². The molecule has 0 bridgehead atoms. The second kappa shape index (κ2) is 5.47. The van der Waals surface area contributed by atoms with E-state index in [1.165, 1.54) is 17.8 Å². The van der Waals surface area contributed by atoms with Gasteiger partial charge in [-0.3, -0.25) is 4.21 Å². The van der Waals surface area contributed by atoms with Crippen molar-refractivity contribution in [1.29, 1.82) is 0 Å². The molecule has 4 nitrogen and oxygen atoms in total. The lowest BCUT2D eigenvalue weighted by molar-refractivity contribution is 0.0696. The molecule has 1 aromatic rings. The molecule has 0 aliphatic carbocycles. The fourth-order valence-corrected chi connectivity index (χ4v) is 2.91. The summed E-state index contributed by atoms with van der Waals surface area (Å²) in [5.74, 6) is -1.08. The van der Waals surface area contributed by atoms with Crippen molar-refractivity contribution in [3.8, 4) is 0 Å². The molecule has 1 N–H and O–H groups in total. The topological polar surface area (TPSA) is 77.4 Å². The zero-order valence-corrected chi connectivity index (χ0v) is 10.5. The first-order chi connectivity index (χ1) is 7.47. The quantitative estimate of drug-likeness (QED) is 0.659. The summed E-state index contributed by atoms with van der Waals surface area (Å²) in [4.78, 5) is 11.6. The number of benzene rings is 1. The highest BCUT2D eigenvalue weighted by Crippen LogP contribution is 2.28. The van der Waals surface area contributed by atoms with E-state index in [0.29, 0.717) is 11.1 Å². The molecule has 0 amide bonds. The van der Waals surface area contributed by atoms with Crippen molar-refractivity contribution < 1.29 is 18.7 Å². The molecule has 0 saturated carbocycles. The third kappa shape index (κ3) is 2.84. The molecule has 0 fully saturated rings. The Bertz CT molecular complexity index is 443. The van der Waals surface area contributed by atoms with Crippen molar-refractivity contribution in [3.05, 3.63) is 28.8 Å². The first kappa shape index (κ1) is 13.2. The monoisotopic (exact) mass is 259 g/mol. The van der Waals surface area contributed by atoms with Gasteiger partial charge in [0.2, 0.25) is 0 Å². The van der Waals surface area contributed by atoms with Crippen LogP contribution in [0.2, 0.25) is 0 Å². The molecule has 1 unspecified atom stereocenters. The van der Waals surface area contributed by atoms with Gasteiger partial charge in [0, 0.05) is 10.6 Å². The van der Waals surface area contributed by atoms with E-state index in [1.54, 1.807) is 19.2 Å². The zero-order valence-electron chi connectivity index (χ0n) is 8.85. The van der Waals surface area contributed by atoms with Gasteiger partial charge in [0.15, 0.2) is 0 Å². The summed E-state index contributed by atoms with van der Waals surface area (Å²) < 4.78 is 21.3. The van der Waals surface area contributed by atoms with E-state index in [9.17, 15) is 13.6 Å². The van der Waals surface area contributed by atoms with E-state index >= 15 is 0 Å². The number of hydrogen-bond acceptors (Lipinski definition) is 4. The SMILES string of the molecule is CSc1c(CS(=O)[O-])ccc(C(=O)O)c1C. The molecule has 1 rings (SSSR count). The first-order valence-corrected chi connectivity index (χ1v) is 6.90. The Morgan fingerprint density at radius 3 is 2.62 bits per heavy atom. The van der Waals surface area contributed by atoms with Gasteiger partial charge in [-0.15, -0.1) is 11.8 Å². The van der Waals surface area contributed by atoms with Crippen LogP contribution in [0, 0.1) is 6.92 Å². The number of carboxylic acids is 1. The number of rotatable bonds is 4. The zero-order chi connectivity index (χ0) is 12.3. The summed E-state index contributed by atoms with van der Waals surface area (Å²) >= 11 is -0.806. The van der Waals surface area contributed by atoms with Crippen LogP contribution in [0.1, 0.15) is 21.5 Å². The van der Waals surface area contributed by atoms with Crippen molar-refractivity contribution in [1.82, 2.24) is 0 Å². The third-order valence-electron chi connectivity index (χ3n) is 2.20. The Kier molecular flexibility index (Phi) is 4.52. The van der Waals surface area contributed by atoms with Gasteiger partial charge in [0.05, 0.1) is 5.56 Å². The van der Waals surface area contributed by atoms with Gasteiger partial charge in [0.1, 0.15) is 0 Å². The normalized spacial score (nSPS) is 12.4. The molecule has 0 heterocycles. The number of hydrogen-bond donors (Lipinski definition) is 1. The first-order valence-electron chi connectivity index (χ1n) is 4.43. The highest BCUT2D eigenvalue weighted by Gasteiger charge is 2.13. The fourth-order valence-electron chi connectivity index (χ4n) is 1.50. The molecule has 0 aromatic heterocycles. The minimum absolute atomic E-state index is 0.0864. The number of thioether (sulfide) groups is 1. The van der Waals surface area contributed by atoms with Crippen molar-refractivity contribution in [3.63, 3.8) is 0 Å². The van der Waals surface area contributed by atoms with Crippen LogP contribution in [0.25, 0.3) is 0 Å². The summed E-state index contributed by atoms with van der Waals surface area (Å²) in [6.45, 7) is 1.69. The molecule has 1 atom stereocenters. The number of carbonyl (C=O) groups is 1. The Morgan fingerprint density at radius 2 is 2.19 bits per heavy atom. The van der Waals surface area contributed by atoms with Crippen LogP contribution >= 0.6 is 11.8 Å². The van der Waals surface area contributed by atoms with E-state index in [0.717, 1.165) is 4.90 Å². The Labute approximate surface area is 100 Å². The van der Waals surface area contributed by atoms with Gasteiger partial charge < -0.3 is 9.66 Å². The maximum Gasteiger partial charge on any atom is 0.335 e. The molecule has 0 spiro atoms. The molecule has 1 aromatic carbocycles. The van der Waals surface area contributed by atoms with Gasteiger partial charge >= 0.3 is 5.97 Å². The lowest BCUT2D eigenvalue weighted by atomic mass is 10.1. The molecular formula is C10H11O4S2-. The predicted molar refractivity (Wildman–Crippen MR) is 62.5 cm³/mol. The lowest BCUT2D eigenvalue weighted by Gasteiger charge is -2.13. The van der Waals surface area contributed by atoms with E-state index in [1.807, 2.05) is 0 Å². The van der Waals surface area contributed by atoms with Crippen LogP contribution in [0.5, 0.6) is 0 Å². The third-order valence-corrected chi connectivity index (χ3v) is 3.72. The van der Waals surface area contributed by atoms with Crippen LogP contribution in [0.15, 0.2) is 17.0 Å². The Morgan fingerprint density at radius 1 is 1.56 bits per heavy atom. The fraction of sp³-hybridized carbons (Fsp3) is 0.300. The second-order valence-corrected chi connectivity index (χ2v) is 4.90. The highest BCUT2D eigenvalue weighted by molar-refractivity contribution is 7.98. The minimum atomic E-state index is -2.16. The second-order valence-electron chi connectivity index (χ2n) is 3.18.